The number of hydrogen-bond acceptors (Lipinski definition) is 5. The lowest BCUT2D eigenvalue weighted by atomic mass is 9.91. The van der Waals surface area contributed by atoms with Crippen LogP contribution in [-0.2, 0) is 17.5 Å². The highest BCUT2D eigenvalue weighted by molar-refractivity contribution is 5.87. The molecule has 0 radical (unpaired) electrons. The van der Waals surface area contributed by atoms with Crippen molar-refractivity contribution in [2.45, 2.75) is 39.5 Å². The monoisotopic (exact) mass is 556 g/mol. The van der Waals surface area contributed by atoms with E-state index in [4.69, 9.17) is 5.26 Å². The van der Waals surface area contributed by atoms with Gasteiger partial charge in [0, 0.05) is 24.1 Å². The smallest absolute Gasteiger partial charge is 0.362 e. The van der Waals surface area contributed by atoms with Gasteiger partial charge in [0.15, 0.2) is 5.82 Å². The van der Waals surface area contributed by atoms with Crippen LogP contribution in [0.4, 0.5) is 24.5 Å². The Morgan fingerprint density at radius 1 is 1.07 bits per heavy atom. The van der Waals surface area contributed by atoms with E-state index in [0.717, 1.165) is 44.5 Å². The largest absolute Gasteiger partial charge is 0.451 e. The van der Waals surface area contributed by atoms with Crippen LogP contribution in [0.5, 0.6) is 0 Å². The van der Waals surface area contributed by atoms with Crippen molar-refractivity contribution in [3.63, 3.8) is 0 Å². The topological polar surface area (TPSA) is 78.1 Å². The Morgan fingerprint density at radius 2 is 1.78 bits per heavy atom. The lowest BCUT2D eigenvalue weighted by molar-refractivity contribution is -0.148. The number of aromatic nitrogens is 3. The maximum atomic E-state index is 13.3. The van der Waals surface area contributed by atoms with E-state index in [9.17, 15) is 18.0 Å². The molecule has 0 aliphatic carbocycles. The van der Waals surface area contributed by atoms with Gasteiger partial charge in [-0.15, -0.1) is 10.2 Å². The van der Waals surface area contributed by atoms with Crippen LogP contribution in [-0.4, -0.2) is 27.7 Å². The van der Waals surface area contributed by atoms with Gasteiger partial charge in [-0.2, -0.15) is 18.4 Å². The Labute approximate surface area is 235 Å². The van der Waals surface area contributed by atoms with E-state index >= 15 is 0 Å². The molecule has 0 saturated carbocycles. The minimum absolute atomic E-state index is 0.189. The summed E-state index contributed by atoms with van der Waals surface area (Å²) in [5.41, 5.74) is 6.90. The van der Waals surface area contributed by atoms with Crippen molar-refractivity contribution in [2.24, 2.45) is 0 Å². The third kappa shape index (κ3) is 5.43. The van der Waals surface area contributed by atoms with Gasteiger partial charge in [-0.1, -0.05) is 30.3 Å². The summed E-state index contributed by atoms with van der Waals surface area (Å²) in [6, 6.07) is 22.3. The lowest BCUT2D eigenvalue weighted by Gasteiger charge is -2.34. The second-order valence-corrected chi connectivity index (χ2v) is 10.1. The van der Waals surface area contributed by atoms with E-state index in [1.807, 2.05) is 61.2 Å². The van der Waals surface area contributed by atoms with Crippen LogP contribution in [0.25, 0.3) is 16.7 Å². The molecular weight excluding hydrogens is 529 g/mol. The molecule has 5 rings (SSSR count). The summed E-state index contributed by atoms with van der Waals surface area (Å²) in [5.74, 6) is -0.723. The SMILES string of the molecule is C/C(=C/N(C=O)c1ccc(N2Cc3nnc(C(F)(F)F)n3C(C)C2)cc1)c1c(C)cccc1-c1ccc(C#N)cc1. The molecule has 1 amide bonds. The Bertz CT molecular complexity index is 1650. The van der Waals surface area contributed by atoms with Gasteiger partial charge in [0.25, 0.3) is 0 Å². The Hall–Kier alpha value is -4.91. The lowest BCUT2D eigenvalue weighted by Crippen LogP contribution is -2.37. The van der Waals surface area contributed by atoms with Crippen LogP contribution in [0.3, 0.4) is 0 Å². The van der Waals surface area contributed by atoms with Crippen molar-refractivity contribution in [1.82, 2.24) is 14.8 Å². The Morgan fingerprint density at radius 3 is 2.41 bits per heavy atom. The van der Waals surface area contributed by atoms with E-state index in [1.165, 1.54) is 4.90 Å². The van der Waals surface area contributed by atoms with Crippen molar-refractivity contribution in [2.75, 3.05) is 16.3 Å². The number of carbonyl (C=O) groups excluding carboxylic acids is 1. The van der Waals surface area contributed by atoms with E-state index < -0.39 is 18.0 Å². The highest BCUT2D eigenvalue weighted by Gasteiger charge is 2.41. The minimum Gasteiger partial charge on any atom is -0.362 e. The molecule has 7 nitrogen and oxygen atoms in total. The Balaban J connectivity index is 1.40. The second kappa shape index (κ2) is 10.9. The predicted molar refractivity (Wildman–Crippen MR) is 151 cm³/mol. The van der Waals surface area contributed by atoms with Crippen LogP contribution >= 0.6 is 0 Å². The molecule has 10 heteroatoms. The maximum Gasteiger partial charge on any atom is 0.451 e. The zero-order valence-corrected chi connectivity index (χ0v) is 22.7. The summed E-state index contributed by atoms with van der Waals surface area (Å²) in [4.78, 5) is 15.6. The van der Waals surface area contributed by atoms with Crippen LogP contribution in [0.2, 0.25) is 0 Å². The molecule has 208 valence electrons. The number of rotatable bonds is 6. The number of allylic oxidation sites excluding steroid dienone is 1. The average molecular weight is 557 g/mol. The average Bonchev–Trinajstić information content (AvgIpc) is 3.41. The van der Waals surface area contributed by atoms with Gasteiger partial charge in [-0.25, -0.2) is 0 Å². The third-order valence-corrected chi connectivity index (χ3v) is 7.23. The summed E-state index contributed by atoms with van der Waals surface area (Å²) in [6.07, 6.45) is -2.04. The number of amides is 1. The number of nitriles is 1. The summed E-state index contributed by atoms with van der Waals surface area (Å²) >= 11 is 0. The molecule has 1 unspecified atom stereocenters. The molecule has 0 spiro atoms. The highest BCUT2D eigenvalue weighted by Crippen LogP contribution is 2.35. The normalized spacial score (nSPS) is 15.3. The number of fused-ring (bicyclic) bond motifs is 1. The molecule has 1 atom stereocenters. The fraction of sp³-hybridized carbons (Fsp3) is 0.226. The first kappa shape index (κ1) is 27.6. The fourth-order valence-corrected chi connectivity index (χ4v) is 5.35. The van der Waals surface area contributed by atoms with Gasteiger partial charge in [0.05, 0.1) is 24.2 Å². The molecule has 1 aliphatic rings. The van der Waals surface area contributed by atoms with Gasteiger partial charge >= 0.3 is 6.18 Å². The molecule has 3 aromatic carbocycles. The van der Waals surface area contributed by atoms with Gasteiger partial charge < -0.3 is 9.47 Å². The van der Waals surface area contributed by atoms with E-state index in [0.29, 0.717) is 17.8 Å². The maximum absolute atomic E-state index is 13.3. The first-order chi connectivity index (χ1) is 19.6. The van der Waals surface area contributed by atoms with E-state index in [1.54, 1.807) is 37.4 Å². The van der Waals surface area contributed by atoms with Crippen LogP contribution in [0.15, 0.2) is 72.9 Å². The number of anilines is 2. The standard InChI is InChI=1S/C31H27F3N6O/c1-20-5-4-6-27(24-9-7-23(15-35)8-10-24)29(20)21(2)16-39(19-41)26-13-11-25(12-14-26)38-17-22(3)40-28(18-38)36-37-30(40)31(32,33)34/h4-14,16,19,22H,17-18H2,1-3H3/b21-16-. The van der Waals surface area contributed by atoms with E-state index in [2.05, 4.69) is 16.3 Å². The van der Waals surface area contributed by atoms with Crippen molar-refractivity contribution in [1.29, 1.82) is 5.26 Å². The molecule has 4 aromatic rings. The highest BCUT2D eigenvalue weighted by atomic mass is 19.4. The molecule has 1 aliphatic heterocycles. The first-order valence-electron chi connectivity index (χ1n) is 13.0. The molecule has 41 heavy (non-hydrogen) atoms. The molecule has 1 aromatic heterocycles. The van der Waals surface area contributed by atoms with Crippen molar-refractivity contribution in [3.05, 3.63) is 101 Å². The second-order valence-electron chi connectivity index (χ2n) is 10.1. The van der Waals surface area contributed by atoms with Gasteiger partial charge in [-0.3, -0.25) is 9.69 Å². The van der Waals surface area contributed by atoms with Crippen molar-refractivity contribution >= 4 is 23.4 Å². The summed E-state index contributed by atoms with van der Waals surface area (Å²) in [7, 11) is 0. The number of alkyl halides is 3. The number of carbonyl (C=O) groups is 1. The quantitative estimate of drug-likeness (QED) is 0.246. The third-order valence-electron chi connectivity index (χ3n) is 7.23. The Kier molecular flexibility index (Phi) is 7.37. The molecular formula is C31H27F3N6O. The summed E-state index contributed by atoms with van der Waals surface area (Å²) in [6.45, 7) is 6.21. The van der Waals surface area contributed by atoms with Crippen molar-refractivity contribution < 1.29 is 18.0 Å². The zero-order chi connectivity index (χ0) is 29.3. The van der Waals surface area contributed by atoms with Gasteiger partial charge in [0.1, 0.15) is 0 Å². The summed E-state index contributed by atoms with van der Waals surface area (Å²) < 4.78 is 41.1. The molecule has 0 N–H and O–H groups in total. The first-order valence-corrected chi connectivity index (χ1v) is 13.0. The predicted octanol–water partition coefficient (Wildman–Crippen LogP) is 6.75. The van der Waals surface area contributed by atoms with Crippen LogP contribution in [0, 0.1) is 18.3 Å². The van der Waals surface area contributed by atoms with Crippen molar-refractivity contribution in [3.8, 4) is 17.2 Å². The number of benzene rings is 3. The van der Waals surface area contributed by atoms with Crippen LogP contribution < -0.4 is 9.80 Å². The number of hydrogen-bond donors (Lipinski definition) is 0. The molecule has 0 bridgehead atoms. The van der Waals surface area contributed by atoms with Gasteiger partial charge in [0.2, 0.25) is 12.2 Å². The number of nitrogens with zero attached hydrogens (tertiary/aromatic N) is 6. The number of aryl methyl sites for hydroxylation is 1. The van der Waals surface area contributed by atoms with Gasteiger partial charge in [-0.05, 0) is 85.0 Å². The fourth-order valence-electron chi connectivity index (χ4n) is 5.35. The summed E-state index contributed by atoms with van der Waals surface area (Å²) in [5, 5.41) is 16.3. The molecule has 2 heterocycles. The molecule has 0 fully saturated rings. The van der Waals surface area contributed by atoms with Crippen LogP contribution in [0.1, 0.15) is 48.2 Å². The zero-order valence-electron chi connectivity index (χ0n) is 22.7. The number of halogens is 3. The minimum atomic E-state index is -4.56. The molecule has 0 saturated heterocycles. The van der Waals surface area contributed by atoms with E-state index in [-0.39, 0.29) is 12.4 Å².